The molecule has 0 spiro atoms. The van der Waals surface area contributed by atoms with E-state index in [1.165, 1.54) is 7.11 Å². The van der Waals surface area contributed by atoms with Gasteiger partial charge in [-0.1, -0.05) is 11.6 Å². The minimum atomic E-state index is -0.924. The van der Waals surface area contributed by atoms with Gasteiger partial charge in [0.25, 0.3) is 0 Å². The van der Waals surface area contributed by atoms with Gasteiger partial charge in [-0.2, -0.15) is 0 Å². The summed E-state index contributed by atoms with van der Waals surface area (Å²) in [6, 6.07) is 4.08. The average molecular weight is 313 g/mol. The van der Waals surface area contributed by atoms with Crippen LogP contribution in [0.1, 0.15) is 19.3 Å². The Morgan fingerprint density at radius 2 is 2.19 bits per heavy atom. The molecule has 1 aromatic carbocycles. The van der Waals surface area contributed by atoms with Crippen LogP contribution in [0.25, 0.3) is 0 Å². The molecule has 0 saturated heterocycles. The van der Waals surface area contributed by atoms with Gasteiger partial charge in [0.15, 0.2) is 0 Å². The molecule has 114 valence electrons. The third-order valence-electron chi connectivity index (χ3n) is 3.32. The predicted octanol–water partition coefficient (Wildman–Crippen LogP) is 2.72. The van der Waals surface area contributed by atoms with Gasteiger partial charge in [0, 0.05) is 12.1 Å². The monoisotopic (exact) mass is 312 g/mol. The Bertz CT molecular complexity index is 546. The number of halogens is 1. The van der Waals surface area contributed by atoms with E-state index in [2.05, 4.69) is 10.6 Å². The number of carbonyl (C=O) groups excluding carboxylic acids is 1. The molecule has 2 amide bonds. The molecule has 0 bridgehead atoms. The third-order valence-corrected chi connectivity index (χ3v) is 3.65. The van der Waals surface area contributed by atoms with Crippen molar-refractivity contribution in [3.8, 4) is 5.75 Å². The lowest BCUT2D eigenvalue weighted by Gasteiger charge is -2.17. The fourth-order valence-corrected chi connectivity index (χ4v) is 2.24. The minimum absolute atomic E-state index is 0.0794. The molecule has 1 aliphatic rings. The van der Waals surface area contributed by atoms with Gasteiger partial charge >= 0.3 is 12.0 Å². The number of benzene rings is 1. The quantitative estimate of drug-likeness (QED) is 0.753. The third kappa shape index (κ3) is 4.53. The standard InChI is InChI=1S/C14H17ClN2O4/c1-21-9-4-5-10(15)12(6-9)17-14(20)16-11(7-13(18)19)8-2-3-8/h4-6,8,11H,2-3,7H2,1H3,(H,18,19)(H2,16,17,20). The first-order valence-electron chi connectivity index (χ1n) is 6.62. The lowest BCUT2D eigenvalue weighted by atomic mass is 10.1. The van der Waals surface area contributed by atoms with E-state index in [1.54, 1.807) is 18.2 Å². The first-order chi connectivity index (χ1) is 9.99. The average Bonchev–Trinajstić information content (AvgIpc) is 3.24. The van der Waals surface area contributed by atoms with Crippen LogP contribution in [0.3, 0.4) is 0 Å². The Hall–Kier alpha value is -1.95. The second-order valence-corrected chi connectivity index (χ2v) is 5.39. The molecule has 0 aromatic heterocycles. The molecule has 1 atom stereocenters. The van der Waals surface area contributed by atoms with Crippen molar-refractivity contribution in [2.24, 2.45) is 5.92 Å². The molecule has 1 fully saturated rings. The van der Waals surface area contributed by atoms with Crippen LogP contribution in [0, 0.1) is 5.92 Å². The van der Waals surface area contributed by atoms with Crippen molar-refractivity contribution in [1.82, 2.24) is 5.32 Å². The molecular weight excluding hydrogens is 296 g/mol. The fraction of sp³-hybridized carbons (Fsp3) is 0.429. The number of carbonyl (C=O) groups is 2. The summed E-state index contributed by atoms with van der Waals surface area (Å²) in [5, 5.41) is 14.6. The highest BCUT2D eigenvalue weighted by molar-refractivity contribution is 6.33. The number of hydrogen-bond acceptors (Lipinski definition) is 3. The molecule has 0 aliphatic heterocycles. The Labute approximate surface area is 127 Å². The number of carboxylic acids is 1. The number of nitrogens with one attached hydrogen (secondary N) is 2. The van der Waals surface area contributed by atoms with Crippen molar-refractivity contribution in [2.75, 3.05) is 12.4 Å². The Balaban J connectivity index is 1.98. The van der Waals surface area contributed by atoms with E-state index >= 15 is 0 Å². The van der Waals surface area contributed by atoms with Gasteiger partial charge < -0.3 is 20.5 Å². The maximum absolute atomic E-state index is 12.0. The van der Waals surface area contributed by atoms with Crippen molar-refractivity contribution < 1.29 is 19.4 Å². The van der Waals surface area contributed by atoms with E-state index in [-0.39, 0.29) is 18.4 Å². The van der Waals surface area contributed by atoms with Crippen LogP contribution in [0.15, 0.2) is 18.2 Å². The molecule has 3 N–H and O–H groups in total. The van der Waals surface area contributed by atoms with Gasteiger partial charge in [-0.05, 0) is 30.9 Å². The van der Waals surface area contributed by atoms with Crippen LogP contribution in [0.4, 0.5) is 10.5 Å². The molecule has 2 rings (SSSR count). The van der Waals surface area contributed by atoms with Gasteiger partial charge in [-0.25, -0.2) is 4.79 Å². The number of anilines is 1. The maximum Gasteiger partial charge on any atom is 0.319 e. The summed E-state index contributed by atoms with van der Waals surface area (Å²) in [6.07, 6.45) is 1.81. The van der Waals surface area contributed by atoms with Gasteiger partial charge in [0.05, 0.1) is 24.2 Å². The van der Waals surface area contributed by atoms with Crippen LogP contribution in [0.5, 0.6) is 5.75 Å². The fourth-order valence-electron chi connectivity index (χ4n) is 2.08. The Morgan fingerprint density at radius 1 is 1.48 bits per heavy atom. The smallest absolute Gasteiger partial charge is 0.319 e. The van der Waals surface area contributed by atoms with Crippen molar-refractivity contribution >= 4 is 29.3 Å². The molecule has 1 aromatic rings. The van der Waals surface area contributed by atoms with Crippen LogP contribution >= 0.6 is 11.6 Å². The van der Waals surface area contributed by atoms with E-state index in [0.717, 1.165) is 12.8 Å². The van der Waals surface area contributed by atoms with Crippen LogP contribution in [-0.2, 0) is 4.79 Å². The van der Waals surface area contributed by atoms with E-state index in [9.17, 15) is 9.59 Å². The molecule has 1 saturated carbocycles. The summed E-state index contributed by atoms with van der Waals surface area (Å²) < 4.78 is 5.07. The maximum atomic E-state index is 12.0. The SMILES string of the molecule is COc1ccc(Cl)c(NC(=O)NC(CC(=O)O)C2CC2)c1. The summed E-state index contributed by atoms with van der Waals surface area (Å²) in [5.74, 6) is -0.113. The van der Waals surface area contributed by atoms with Crippen molar-refractivity contribution in [1.29, 1.82) is 0 Å². The zero-order chi connectivity index (χ0) is 15.4. The lowest BCUT2D eigenvalue weighted by Crippen LogP contribution is -2.40. The number of amides is 2. The van der Waals surface area contributed by atoms with Crippen LogP contribution < -0.4 is 15.4 Å². The van der Waals surface area contributed by atoms with Crippen LogP contribution in [0.2, 0.25) is 5.02 Å². The molecule has 21 heavy (non-hydrogen) atoms. The molecule has 0 heterocycles. The topological polar surface area (TPSA) is 87.7 Å². The summed E-state index contributed by atoms with van der Waals surface area (Å²) in [6.45, 7) is 0. The Kier molecular flexibility index (Phi) is 4.90. The second kappa shape index (κ2) is 6.67. The highest BCUT2D eigenvalue weighted by Gasteiger charge is 2.33. The molecule has 0 radical (unpaired) electrons. The van der Waals surface area contributed by atoms with Crippen LogP contribution in [-0.4, -0.2) is 30.3 Å². The van der Waals surface area contributed by atoms with E-state index in [0.29, 0.717) is 16.5 Å². The predicted molar refractivity (Wildman–Crippen MR) is 78.9 cm³/mol. The first-order valence-corrected chi connectivity index (χ1v) is 7.00. The zero-order valence-corrected chi connectivity index (χ0v) is 12.3. The molecular formula is C14H17ClN2O4. The van der Waals surface area contributed by atoms with Gasteiger partial charge in [-0.3, -0.25) is 4.79 Å². The molecule has 6 nitrogen and oxygen atoms in total. The largest absolute Gasteiger partial charge is 0.497 e. The van der Waals surface area contributed by atoms with Gasteiger partial charge in [0.1, 0.15) is 5.75 Å². The first kappa shape index (κ1) is 15.4. The number of ether oxygens (including phenoxy) is 1. The van der Waals surface area contributed by atoms with Gasteiger partial charge in [-0.15, -0.1) is 0 Å². The number of carboxylic acid groups (broad SMARTS) is 1. The van der Waals surface area contributed by atoms with E-state index in [4.69, 9.17) is 21.4 Å². The molecule has 1 aliphatic carbocycles. The summed E-state index contributed by atoms with van der Waals surface area (Å²) in [7, 11) is 1.52. The number of rotatable bonds is 6. The number of urea groups is 1. The van der Waals surface area contributed by atoms with Crippen molar-refractivity contribution in [3.63, 3.8) is 0 Å². The molecule has 7 heteroatoms. The number of aliphatic carboxylic acids is 1. The normalized spacial score (nSPS) is 15.1. The van der Waals surface area contributed by atoms with Gasteiger partial charge in [0.2, 0.25) is 0 Å². The number of hydrogen-bond donors (Lipinski definition) is 3. The highest BCUT2D eigenvalue weighted by Crippen LogP contribution is 2.34. The van der Waals surface area contributed by atoms with E-state index < -0.39 is 12.0 Å². The number of methoxy groups -OCH3 is 1. The van der Waals surface area contributed by atoms with Crippen molar-refractivity contribution in [3.05, 3.63) is 23.2 Å². The summed E-state index contributed by atoms with van der Waals surface area (Å²) >= 11 is 6.00. The van der Waals surface area contributed by atoms with E-state index in [1.807, 2.05) is 0 Å². The summed E-state index contributed by atoms with van der Waals surface area (Å²) in [4.78, 5) is 22.8. The molecule has 1 unspecified atom stereocenters. The highest BCUT2D eigenvalue weighted by atomic mass is 35.5. The zero-order valence-electron chi connectivity index (χ0n) is 11.6. The van der Waals surface area contributed by atoms with Crippen molar-refractivity contribution in [2.45, 2.75) is 25.3 Å². The summed E-state index contributed by atoms with van der Waals surface area (Å²) in [5.41, 5.74) is 0.415. The minimum Gasteiger partial charge on any atom is -0.497 e. The second-order valence-electron chi connectivity index (χ2n) is 4.99. The Morgan fingerprint density at radius 3 is 2.76 bits per heavy atom. The lowest BCUT2D eigenvalue weighted by molar-refractivity contribution is -0.137.